The predicted molar refractivity (Wildman–Crippen MR) is 243 cm³/mol. The smallest absolute Gasteiger partial charge is 0.0215 e. The summed E-state index contributed by atoms with van der Waals surface area (Å²) in [6.07, 6.45) is 4.58. The van der Waals surface area contributed by atoms with E-state index < -0.39 is 0 Å². The van der Waals surface area contributed by atoms with Crippen LogP contribution < -0.4 is 0 Å². The second-order valence-corrected chi connectivity index (χ2v) is 18.2. The van der Waals surface area contributed by atoms with Crippen molar-refractivity contribution in [3.63, 3.8) is 0 Å². The molecule has 0 heteroatoms. The van der Waals surface area contributed by atoms with Gasteiger partial charge in [0, 0.05) is 16.2 Å². The van der Waals surface area contributed by atoms with E-state index in [1.165, 1.54) is 99.4 Å². The SMILES string of the molecule is CCCC1(CCC)c2cc3c(cc2-c2cc4c(cc21)-c1c(cc(-c2ccccc2)c2ccccc12)C4(C)C)C(C)(C)c1cc(-c2ccccc2)c2ccccc2c1-3. The molecule has 0 spiro atoms. The Balaban J connectivity index is 1.18. The molecule has 0 saturated carbocycles. The van der Waals surface area contributed by atoms with Crippen LogP contribution in [-0.2, 0) is 16.2 Å². The normalized spacial score (nSPS) is 15.9. The first-order chi connectivity index (χ1) is 27.7. The van der Waals surface area contributed by atoms with Gasteiger partial charge in [-0.25, -0.2) is 0 Å². The molecule has 0 radical (unpaired) electrons. The van der Waals surface area contributed by atoms with Crippen LogP contribution >= 0.6 is 0 Å². The van der Waals surface area contributed by atoms with Crippen LogP contribution in [0.25, 0.3) is 77.2 Å². The molecule has 0 heterocycles. The molecule has 8 aromatic rings. The minimum atomic E-state index is -0.146. The second kappa shape index (κ2) is 12.1. The summed E-state index contributed by atoms with van der Waals surface area (Å²) in [6, 6.07) is 56.0. The van der Waals surface area contributed by atoms with Crippen molar-refractivity contribution in [1.82, 2.24) is 0 Å². The summed E-state index contributed by atoms with van der Waals surface area (Å²) in [5, 5.41) is 5.41. The molecule has 57 heavy (non-hydrogen) atoms. The van der Waals surface area contributed by atoms with Crippen molar-refractivity contribution in [2.75, 3.05) is 0 Å². The van der Waals surface area contributed by atoms with E-state index in [9.17, 15) is 0 Å². The molecule has 3 aliphatic carbocycles. The first kappa shape index (κ1) is 34.5. The third kappa shape index (κ3) is 4.56. The highest BCUT2D eigenvalue weighted by molar-refractivity contribution is 6.11. The minimum Gasteiger partial charge on any atom is -0.0653 e. The monoisotopic (exact) mass is 734 g/mol. The van der Waals surface area contributed by atoms with Crippen LogP contribution in [0.3, 0.4) is 0 Å². The van der Waals surface area contributed by atoms with E-state index in [0.717, 1.165) is 25.7 Å². The lowest BCUT2D eigenvalue weighted by Gasteiger charge is -2.33. The molecule has 278 valence electrons. The molecule has 0 nitrogen and oxygen atoms in total. The van der Waals surface area contributed by atoms with Crippen LogP contribution in [0.15, 0.2) is 146 Å². The molecule has 0 amide bonds. The van der Waals surface area contributed by atoms with Gasteiger partial charge in [0.1, 0.15) is 0 Å². The molecule has 0 saturated heterocycles. The van der Waals surface area contributed by atoms with Gasteiger partial charge in [0.15, 0.2) is 0 Å². The van der Waals surface area contributed by atoms with Gasteiger partial charge >= 0.3 is 0 Å². The third-order valence-electron chi connectivity index (χ3n) is 14.5. The number of rotatable bonds is 6. The number of benzene rings is 8. The van der Waals surface area contributed by atoms with E-state index in [1.807, 2.05) is 0 Å². The number of hydrogen-bond donors (Lipinski definition) is 0. The summed E-state index contributed by atoms with van der Waals surface area (Å²) in [4.78, 5) is 0. The van der Waals surface area contributed by atoms with Crippen LogP contribution in [0.4, 0.5) is 0 Å². The van der Waals surface area contributed by atoms with Crippen LogP contribution in [0, 0.1) is 0 Å². The molecule has 0 atom stereocenters. The highest BCUT2D eigenvalue weighted by atomic mass is 14.5. The minimum absolute atomic E-state index is 0.0441. The van der Waals surface area contributed by atoms with E-state index in [2.05, 4.69) is 187 Å². The maximum absolute atomic E-state index is 2.68. The first-order valence-corrected chi connectivity index (χ1v) is 21.3. The molecular formula is C57H50. The van der Waals surface area contributed by atoms with Crippen molar-refractivity contribution < 1.29 is 0 Å². The van der Waals surface area contributed by atoms with Gasteiger partial charge < -0.3 is 0 Å². The number of hydrogen-bond acceptors (Lipinski definition) is 0. The van der Waals surface area contributed by atoms with Gasteiger partial charge in [0.05, 0.1) is 0 Å². The van der Waals surface area contributed by atoms with Crippen molar-refractivity contribution in [2.24, 2.45) is 0 Å². The average molecular weight is 735 g/mol. The Morgan fingerprint density at radius 2 is 0.667 bits per heavy atom. The summed E-state index contributed by atoms with van der Waals surface area (Å²) >= 11 is 0. The summed E-state index contributed by atoms with van der Waals surface area (Å²) in [6.45, 7) is 14.6. The van der Waals surface area contributed by atoms with Crippen LogP contribution in [0.2, 0.25) is 0 Å². The van der Waals surface area contributed by atoms with E-state index in [4.69, 9.17) is 0 Å². The third-order valence-corrected chi connectivity index (χ3v) is 14.5. The Labute approximate surface area is 338 Å². The first-order valence-electron chi connectivity index (χ1n) is 21.3. The molecular weight excluding hydrogens is 685 g/mol. The fourth-order valence-electron chi connectivity index (χ4n) is 11.9. The molecule has 0 unspecified atom stereocenters. The van der Waals surface area contributed by atoms with Crippen molar-refractivity contribution in [3.8, 4) is 55.6 Å². The summed E-state index contributed by atoms with van der Waals surface area (Å²) < 4.78 is 0. The molecule has 3 aliphatic rings. The van der Waals surface area contributed by atoms with Gasteiger partial charge in [-0.2, -0.15) is 0 Å². The zero-order valence-corrected chi connectivity index (χ0v) is 34.2. The van der Waals surface area contributed by atoms with E-state index in [-0.39, 0.29) is 16.2 Å². The Morgan fingerprint density at radius 1 is 0.333 bits per heavy atom. The zero-order chi connectivity index (χ0) is 38.8. The molecule has 11 rings (SSSR count). The van der Waals surface area contributed by atoms with Crippen LogP contribution in [-0.4, -0.2) is 0 Å². The van der Waals surface area contributed by atoms with Crippen molar-refractivity contribution in [3.05, 3.63) is 179 Å². The van der Waals surface area contributed by atoms with Crippen LogP contribution in [0.5, 0.6) is 0 Å². The van der Waals surface area contributed by atoms with E-state index in [1.54, 1.807) is 11.1 Å². The summed E-state index contributed by atoms with van der Waals surface area (Å²) in [7, 11) is 0. The van der Waals surface area contributed by atoms with E-state index in [0.29, 0.717) is 0 Å². The Hall–Kier alpha value is -5.72. The Morgan fingerprint density at radius 3 is 1.05 bits per heavy atom. The fourth-order valence-corrected chi connectivity index (χ4v) is 11.9. The zero-order valence-electron chi connectivity index (χ0n) is 34.2. The van der Waals surface area contributed by atoms with Crippen molar-refractivity contribution in [2.45, 2.75) is 83.5 Å². The summed E-state index contributed by atoms with van der Waals surface area (Å²) in [5.41, 5.74) is 22.5. The van der Waals surface area contributed by atoms with Gasteiger partial charge in [-0.15, -0.1) is 0 Å². The lowest BCUT2D eigenvalue weighted by atomic mass is 9.70. The lowest BCUT2D eigenvalue weighted by molar-refractivity contribution is 0.436. The van der Waals surface area contributed by atoms with E-state index >= 15 is 0 Å². The van der Waals surface area contributed by atoms with Crippen molar-refractivity contribution in [1.29, 1.82) is 0 Å². The highest BCUT2D eigenvalue weighted by Crippen LogP contribution is 2.63. The maximum Gasteiger partial charge on any atom is 0.0215 e. The Kier molecular flexibility index (Phi) is 7.35. The average Bonchev–Trinajstić information content (AvgIpc) is 3.72. The second-order valence-electron chi connectivity index (χ2n) is 18.2. The summed E-state index contributed by atoms with van der Waals surface area (Å²) in [5.74, 6) is 0. The largest absolute Gasteiger partial charge is 0.0653 e. The molecule has 0 aliphatic heterocycles. The highest BCUT2D eigenvalue weighted by Gasteiger charge is 2.48. The van der Waals surface area contributed by atoms with Gasteiger partial charge in [0.25, 0.3) is 0 Å². The predicted octanol–water partition coefficient (Wildman–Crippen LogP) is 15.8. The quantitative estimate of drug-likeness (QED) is 0.160. The fraction of sp³-hybridized carbons (Fsp3) is 0.228. The molecule has 0 bridgehead atoms. The topological polar surface area (TPSA) is 0 Å². The van der Waals surface area contributed by atoms with Crippen molar-refractivity contribution >= 4 is 21.5 Å². The van der Waals surface area contributed by atoms with Gasteiger partial charge in [0.2, 0.25) is 0 Å². The molecule has 0 N–H and O–H groups in total. The standard InChI is InChI=1S/C57H50/c1-7-27-57(28-8-2)49-33-45-47(55(3,4)51-29-41(35-19-11-9-12-20-35)37-23-15-17-25-39(37)53(45)51)31-43(49)44-32-48-46(34-50(44)57)54-40-26-18-16-24-38(40)42(30-52(54)56(48,5)6)36-21-13-10-14-22-36/h9-26,29-34H,7-8,27-28H2,1-6H3. The molecule has 0 aromatic heterocycles. The Bertz CT molecular complexity index is 2750. The van der Waals surface area contributed by atoms with Gasteiger partial charge in [-0.05, 0) is 160 Å². The molecule has 8 aromatic carbocycles. The lowest BCUT2D eigenvalue weighted by Crippen LogP contribution is -2.25. The number of fused-ring (bicyclic) bond motifs is 13. The van der Waals surface area contributed by atoms with Gasteiger partial charge in [-0.3, -0.25) is 0 Å². The molecule has 0 fully saturated rings. The maximum atomic E-state index is 2.68. The van der Waals surface area contributed by atoms with Crippen LogP contribution in [0.1, 0.15) is 101 Å². The van der Waals surface area contributed by atoms with Gasteiger partial charge in [-0.1, -0.05) is 164 Å².